The Hall–Kier alpha value is -2.80. The molecule has 5 rings (SSSR count). The molecule has 7 nitrogen and oxygen atoms in total. The third kappa shape index (κ3) is 3.94. The number of hydrogen-bond donors (Lipinski definition) is 1. The van der Waals surface area contributed by atoms with Crippen molar-refractivity contribution in [2.75, 3.05) is 20.2 Å². The predicted octanol–water partition coefficient (Wildman–Crippen LogP) is 2.90. The number of benzene rings is 1. The highest BCUT2D eigenvalue weighted by Crippen LogP contribution is 2.40. The Morgan fingerprint density at radius 3 is 2.58 bits per heavy atom. The number of ether oxygens (including phenoxy) is 2. The van der Waals surface area contributed by atoms with Crippen molar-refractivity contribution in [2.45, 2.75) is 43.9 Å². The van der Waals surface area contributed by atoms with Crippen molar-refractivity contribution >= 4 is 11.9 Å². The summed E-state index contributed by atoms with van der Waals surface area (Å²) in [5.74, 6) is 0.785. The molecule has 3 fully saturated rings. The zero-order valence-corrected chi connectivity index (χ0v) is 17.6. The van der Waals surface area contributed by atoms with Gasteiger partial charge in [0.1, 0.15) is 17.5 Å². The van der Waals surface area contributed by atoms with E-state index in [9.17, 15) is 14.7 Å². The van der Waals surface area contributed by atoms with Gasteiger partial charge in [0.05, 0.1) is 18.8 Å². The standard InChI is InChI=1S/C24H28N2O5/c1-30-24(29)15-4-2-5-19(10-15)31-22-12-17-14-25(13-16(17)11-21(22)27)23(28)20-6-3-9-26(20)18-7-8-18/h2-6,9-10,16-18,21-22,27H,7-8,11-14H2,1H3/t16-,17+,21+,22+/m0/s1. The number of esters is 1. The van der Waals surface area contributed by atoms with Gasteiger partial charge in [-0.05, 0) is 67.9 Å². The molecule has 1 N–H and O–H groups in total. The Labute approximate surface area is 181 Å². The monoisotopic (exact) mass is 424 g/mol. The van der Waals surface area contributed by atoms with Gasteiger partial charge in [0.2, 0.25) is 0 Å². The van der Waals surface area contributed by atoms with E-state index in [-0.39, 0.29) is 17.9 Å². The maximum absolute atomic E-state index is 13.2. The molecule has 3 aliphatic rings. The van der Waals surface area contributed by atoms with Crippen LogP contribution in [0.3, 0.4) is 0 Å². The fourth-order valence-electron chi connectivity index (χ4n) is 5.08. The average molecular weight is 424 g/mol. The molecule has 4 atom stereocenters. The lowest BCUT2D eigenvalue weighted by atomic mass is 9.78. The quantitative estimate of drug-likeness (QED) is 0.747. The second-order valence-electron chi connectivity index (χ2n) is 8.98. The van der Waals surface area contributed by atoms with Crippen molar-refractivity contribution in [2.24, 2.45) is 11.8 Å². The zero-order chi connectivity index (χ0) is 21.5. The summed E-state index contributed by atoms with van der Waals surface area (Å²) in [6.45, 7) is 1.37. The fourth-order valence-corrected chi connectivity index (χ4v) is 5.08. The number of aromatic nitrogens is 1. The smallest absolute Gasteiger partial charge is 0.337 e. The Balaban J connectivity index is 1.25. The number of rotatable bonds is 5. The van der Waals surface area contributed by atoms with Crippen LogP contribution in [0.5, 0.6) is 5.75 Å². The van der Waals surface area contributed by atoms with Gasteiger partial charge in [0.15, 0.2) is 0 Å². The molecule has 2 heterocycles. The highest BCUT2D eigenvalue weighted by molar-refractivity contribution is 5.93. The van der Waals surface area contributed by atoms with Crippen molar-refractivity contribution in [3.8, 4) is 5.75 Å². The van der Waals surface area contributed by atoms with Crippen LogP contribution in [-0.4, -0.2) is 58.9 Å². The van der Waals surface area contributed by atoms with Crippen LogP contribution in [0.4, 0.5) is 0 Å². The summed E-state index contributed by atoms with van der Waals surface area (Å²) in [6.07, 6.45) is 4.61. The number of carbonyl (C=O) groups excluding carboxylic acids is 2. The van der Waals surface area contributed by atoms with Gasteiger partial charge in [-0.25, -0.2) is 4.79 Å². The molecule has 31 heavy (non-hydrogen) atoms. The first-order valence-electron chi connectivity index (χ1n) is 11.0. The van der Waals surface area contributed by atoms with Crippen LogP contribution in [0.15, 0.2) is 42.6 Å². The molecule has 0 unspecified atom stereocenters. The van der Waals surface area contributed by atoms with Crippen LogP contribution < -0.4 is 4.74 Å². The third-order valence-corrected chi connectivity index (χ3v) is 6.85. The molecule has 1 aliphatic heterocycles. The molecular formula is C24H28N2O5. The topological polar surface area (TPSA) is 81.0 Å². The second kappa shape index (κ2) is 8.04. The van der Waals surface area contributed by atoms with Crippen molar-refractivity contribution in [1.82, 2.24) is 9.47 Å². The molecule has 7 heteroatoms. The van der Waals surface area contributed by atoms with E-state index in [1.54, 1.807) is 24.3 Å². The molecule has 0 radical (unpaired) electrons. The van der Waals surface area contributed by atoms with Gasteiger partial charge in [-0.2, -0.15) is 0 Å². The molecule has 1 aromatic carbocycles. The Morgan fingerprint density at radius 1 is 1.06 bits per heavy atom. The van der Waals surface area contributed by atoms with Gasteiger partial charge in [-0.15, -0.1) is 0 Å². The zero-order valence-electron chi connectivity index (χ0n) is 17.6. The highest BCUT2D eigenvalue weighted by atomic mass is 16.5. The SMILES string of the molecule is COC(=O)c1cccc(O[C@@H]2C[C@@H]3CN(C(=O)c4cccn4C4CC4)C[C@@H]3C[C@H]2O)c1. The first kappa shape index (κ1) is 20.1. The first-order chi connectivity index (χ1) is 15.0. The molecule has 2 aromatic rings. The van der Waals surface area contributed by atoms with Crippen LogP contribution in [0, 0.1) is 11.8 Å². The summed E-state index contributed by atoms with van der Waals surface area (Å²) in [5.41, 5.74) is 1.19. The number of aliphatic hydroxyl groups is 1. The maximum atomic E-state index is 13.2. The Kier molecular flexibility index (Phi) is 5.22. The molecule has 0 bridgehead atoms. The van der Waals surface area contributed by atoms with E-state index in [1.807, 2.05) is 23.2 Å². The summed E-state index contributed by atoms with van der Waals surface area (Å²) in [6, 6.07) is 11.2. The molecule has 2 saturated carbocycles. The minimum atomic E-state index is -0.603. The number of carbonyl (C=O) groups is 2. The van der Waals surface area contributed by atoms with Crippen LogP contribution >= 0.6 is 0 Å². The van der Waals surface area contributed by atoms with E-state index in [1.165, 1.54) is 7.11 Å². The van der Waals surface area contributed by atoms with Crippen molar-refractivity contribution < 1.29 is 24.2 Å². The van der Waals surface area contributed by atoms with Gasteiger partial charge >= 0.3 is 5.97 Å². The lowest BCUT2D eigenvalue weighted by molar-refractivity contribution is -0.0231. The molecule has 0 spiro atoms. The van der Waals surface area contributed by atoms with Crippen LogP contribution in [0.25, 0.3) is 0 Å². The molecule has 1 amide bonds. The van der Waals surface area contributed by atoms with E-state index in [2.05, 4.69) is 4.57 Å². The van der Waals surface area contributed by atoms with Gasteiger partial charge in [0, 0.05) is 25.3 Å². The van der Waals surface area contributed by atoms with E-state index < -0.39 is 12.1 Å². The lowest BCUT2D eigenvalue weighted by Gasteiger charge is -2.35. The van der Waals surface area contributed by atoms with E-state index in [4.69, 9.17) is 9.47 Å². The second-order valence-corrected chi connectivity index (χ2v) is 8.98. The number of likely N-dealkylation sites (tertiary alicyclic amines) is 1. The van der Waals surface area contributed by atoms with Gasteiger partial charge in [-0.3, -0.25) is 4.79 Å². The molecule has 1 saturated heterocycles. The summed E-state index contributed by atoms with van der Waals surface area (Å²) >= 11 is 0. The van der Waals surface area contributed by atoms with Crippen LogP contribution in [-0.2, 0) is 4.74 Å². The minimum absolute atomic E-state index is 0.0871. The minimum Gasteiger partial charge on any atom is -0.488 e. The summed E-state index contributed by atoms with van der Waals surface area (Å²) in [7, 11) is 1.34. The van der Waals surface area contributed by atoms with Gasteiger partial charge in [0.25, 0.3) is 5.91 Å². The number of methoxy groups -OCH3 is 1. The van der Waals surface area contributed by atoms with Crippen LogP contribution in [0.2, 0.25) is 0 Å². The fraction of sp³-hybridized carbons (Fsp3) is 0.500. The summed E-state index contributed by atoms with van der Waals surface area (Å²) in [4.78, 5) is 26.9. The highest BCUT2D eigenvalue weighted by Gasteiger charge is 2.44. The maximum Gasteiger partial charge on any atom is 0.337 e. The normalized spacial score (nSPS) is 27.6. The number of aliphatic hydroxyl groups excluding tert-OH is 1. The third-order valence-electron chi connectivity index (χ3n) is 6.85. The van der Waals surface area contributed by atoms with E-state index in [0.29, 0.717) is 49.2 Å². The lowest BCUT2D eigenvalue weighted by Crippen LogP contribution is -2.42. The predicted molar refractivity (Wildman–Crippen MR) is 113 cm³/mol. The van der Waals surface area contributed by atoms with Gasteiger partial charge < -0.3 is 24.0 Å². The Bertz CT molecular complexity index is 982. The largest absolute Gasteiger partial charge is 0.488 e. The molecule has 2 aliphatic carbocycles. The van der Waals surface area contributed by atoms with Crippen molar-refractivity contribution in [3.63, 3.8) is 0 Å². The number of fused-ring (bicyclic) bond motifs is 1. The number of nitrogens with zero attached hydrogens (tertiary/aromatic N) is 2. The molecule has 164 valence electrons. The number of hydrogen-bond acceptors (Lipinski definition) is 5. The summed E-state index contributed by atoms with van der Waals surface area (Å²) in [5, 5.41) is 10.7. The van der Waals surface area contributed by atoms with Crippen molar-refractivity contribution in [3.05, 3.63) is 53.9 Å². The van der Waals surface area contributed by atoms with E-state index in [0.717, 1.165) is 18.5 Å². The van der Waals surface area contributed by atoms with Gasteiger partial charge in [-0.1, -0.05) is 6.07 Å². The molecular weight excluding hydrogens is 396 g/mol. The van der Waals surface area contributed by atoms with Crippen molar-refractivity contribution in [1.29, 1.82) is 0 Å². The Morgan fingerprint density at radius 2 is 1.84 bits per heavy atom. The number of amides is 1. The molecule has 1 aromatic heterocycles. The summed E-state index contributed by atoms with van der Waals surface area (Å²) < 4.78 is 13.0. The van der Waals surface area contributed by atoms with Crippen LogP contribution in [0.1, 0.15) is 52.6 Å². The van der Waals surface area contributed by atoms with E-state index >= 15 is 0 Å². The average Bonchev–Trinajstić information content (AvgIpc) is 3.36. The first-order valence-corrected chi connectivity index (χ1v) is 11.0.